The number of aliphatic hydroxyl groups is 1. The lowest BCUT2D eigenvalue weighted by Gasteiger charge is -2.05. The van der Waals surface area contributed by atoms with E-state index in [1.807, 2.05) is 35.7 Å². The Morgan fingerprint density at radius 1 is 1.27 bits per heavy atom. The van der Waals surface area contributed by atoms with Crippen molar-refractivity contribution in [1.29, 1.82) is 0 Å². The van der Waals surface area contributed by atoms with Gasteiger partial charge >= 0.3 is 0 Å². The lowest BCUT2D eigenvalue weighted by Crippen LogP contribution is -2.22. The quantitative estimate of drug-likeness (QED) is 0.694. The van der Waals surface area contributed by atoms with Gasteiger partial charge in [-0.3, -0.25) is 4.79 Å². The summed E-state index contributed by atoms with van der Waals surface area (Å²) in [6.45, 7) is 3.47. The number of carbonyl (C=O) groups is 1. The standard InChI is InChI=1S/C20H18N2O3S/c1-20(2,24)11-10-16-8-9-17(25-16)18(23)21-12-15-13-26-19(22-15)14-6-4-3-5-7-14/h3-9,13,24H,12H2,1-2H3,(H,21,23). The van der Waals surface area contributed by atoms with Gasteiger partial charge in [-0.1, -0.05) is 36.3 Å². The molecule has 0 aliphatic rings. The molecule has 3 aromatic rings. The summed E-state index contributed by atoms with van der Waals surface area (Å²) in [5.74, 6) is 5.50. The predicted molar refractivity (Wildman–Crippen MR) is 101 cm³/mol. The molecule has 0 fully saturated rings. The summed E-state index contributed by atoms with van der Waals surface area (Å²) in [6, 6.07) is 13.0. The molecule has 0 spiro atoms. The fraction of sp³-hybridized carbons (Fsp3) is 0.200. The van der Waals surface area contributed by atoms with Gasteiger partial charge in [0.25, 0.3) is 5.91 Å². The number of thiazole rings is 1. The Bertz CT molecular complexity index is 956. The monoisotopic (exact) mass is 366 g/mol. The van der Waals surface area contributed by atoms with Gasteiger partial charge in [-0.25, -0.2) is 4.98 Å². The van der Waals surface area contributed by atoms with E-state index in [1.54, 1.807) is 26.0 Å². The molecule has 26 heavy (non-hydrogen) atoms. The smallest absolute Gasteiger partial charge is 0.287 e. The molecule has 0 bridgehead atoms. The Morgan fingerprint density at radius 2 is 2.04 bits per heavy atom. The Labute approximate surface area is 155 Å². The maximum Gasteiger partial charge on any atom is 0.287 e. The average Bonchev–Trinajstić information content (AvgIpc) is 3.28. The minimum atomic E-state index is -1.11. The number of furan rings is 1. The molecule has 0 unspecified atom stereocenters. The van der Waals surface area contributed by atoms with Crippen molar-refractivity contribution in [3.8, 4) is 22.4 Å². The molecule has 0 saturated heterocycles. The van der Waals surface area contributed by atoms with Crippen LogP contribution in [0.1, 0.15) is 35.9 Å². The van der Waals surface area contributed by atoms with Gasteiger partial charge < -0.3 is 14.8 Å². The van der Waals surface area contributed by atoms with Crippen molar-refractivity contribution in [1.82, 2.24) is 10.3 Å². The van der Waals surface area contributed by atoms with Crippen LogP contribution in [0.15, 0.2) is 52.3 Å². The lowest BCUT2D eigenvalue weighted by atomic mass is 10.1. The van der Waals surface area contributed by atoms with Crippen LogP contribution in [-0.2, 0) is 6.54 Å². The predicted octanol–water partition coefficient (Wildman–Crippen LogP) is 3.46. The van der Waals surface area contributed by atoms with E-state index in [4.69, 9.17) is 4.42 Å². The van der Waals surface area contributed by atoms with Gasteiger partial charge in [0, 0.05) is 10.9 Å². The van der Waals surface area contributed by atoms with Crippen LogP contribution in [-0.4, -0.2) is 21.6 Å². The highest BCUT2D eigenvalue weighted by Gasteiger charge is 2.12. The first-order valence-corrected chi connectivity index (χ1v) is 8.92. The second-order valence-corrected chi connectivity index (χ2v) is 7.02. The maximum absolute atomic E-state index is 12.2. The fourth-order valence-corrected chi connectivity index (χ4v) is 2.93. The average molecular weight is 366 g/mol. The lowest BCUT2D eigenvalue weighted by molar-refractivity contribution is 0.0922. The van der Waals surface area contributed by atoms with Crippen LogP contribution >= 0.6 is 11.3 Å². The molecule has 3 rings (SSSR count). The van der Waals surface area contributed by atoms with Gasteiger partial charge in [0.2, 0.25) is 0 Å². The molecule has 1 amide bonds. The molecule has 0 aliphatic heterocycles. The van der Waals surface area contributed by atoms with E-state index in [1.165, 1.54) is 11.3 Å². The topological polar surface area (TPSA) is 75.4 Å². The summed E-state index contributed by atoms with van der Waals surface area (Å²) in [5, 5.41) is 15.2. The molecular formula is C20H18N2O3S. The molecule has 6 heteroatoms. The first-order valence-electron chi connectivity index (χ1n) is 8.04. The van der Waals surface area contributed by atoms with E-state index >= 15 is 0 Å². The van der Waals surface area contributed by atoms with Crippen LogP contribution in [0.5, 0.6) is 0 Å². The number of rotatable bonds is 4. The van der Waals surface area contributed by atoms with E-state index < -0.39 is 5.60 Å². The Balaban J connectivity index is 1.60. The van der Waals surface area contributed by atoms with Crippen LogP contribution < -0.4 is 5.32 Å². The Hall–Kier alpha value is -2.88. The van der Waals surface area contributed by atoms with Crippen LogP contribution in [0, 0.1) is 11.8 Å². The van der Waals surface area contributed by atoms with Gasteiger partial charge in [-0.05, 0) is 31.9 Å². The Morgan fingerprint density at radius 3 is 2.77 bits per heavy atom. The summed E-state index contributed by atoms with van der Waals surface area (Å²) in [5.41, 5.74) is 0.725. The molecule has 2 heterocycles. The second kappa shape index (κ2) is 7.56. The van der Waals surface area contributed by atoms with E-state index in [9.17, 15) is 9.90 Å². The molecule has 0 radical (unpaired) electrons. The number of benzene rings is 1. The maximum atomic E-state index is 12.2. The molecule has 0 aliphatic carbocycles. The number of amides is 1. The highest BCUT2D eigenvalue weighted by molar-refractivity contribution is 7.13. The van der Waals surface area contributed by atoms with E-state index in [0.29, 0.717) is 12.3 Å². The molecule has 2 aromatic heterocycles. The number of nitrogens with one attached hydrogen (secondary N) is 1. The third-order valence-electron chi connectivity index (χ3n) is 3.32. The van der Waals surface area contributed by atoms with Crippen molar-refractivity contribution in [2.24, 2.45) is 0 Å². The summed E-state index contributed by atoms with van der Waals surface area (Å²) >= 11 is 1.54. The molecule has 132 valence electrons. The van der Waals surface area contributed by atoms with Crippen molar-refractivity contribution >= 4 is 17.2 Å². The normalized spacial score (nSPS) is 10.9. The summed E-state index contributed by atoms with van der Waals surface area (Å²) in [6.07, 6.45) is 0. The van der Waals surface area contributed by atoms with Crippen LogP contribution in [0.25, 0.3) is 10.6 Å². The summed E-state index contributed by atoms with van der Waals surface area (Å²) in [7, 11) is 0. The number of carbonyl (C=O) groups excluding carboxylic acids is 1. The van der Waals surface area contributed by atoms with Crippen molar-refractivity contribution < 1.29 is 14.3 Å². The van der Waals surface area contributed by atoms with E-state index in [-0.39, 0.29) is 11.7 Å². The fourth-order valence-electron chi connectivity index (χ4n) is 2.10. The van der Waals surface area contributed by atoms with Crippen molar-refractivity contribution in [2.45, 2.75) is 26.0 Å². The van der Waals surface area contributed by atoms with Gasteiger partial charge in [-0.2, -0.15) is 0 Å². The SMILES string of the molecule is CC(C)(O)C#Cc1ccc(C(=O)NCc2csc(-c3ccccc3)n2)o1. The minimum absolute atomic E-state index is 0.170. The van der Waals surface area contributed by atoms with Gasteiger partial charge in [0.15, 0.2) is 11.5 Å². The van der Waals surface area contributed by atoms with Gasteiger partial charge in [-0.15, -0.1) is 11.3 Å². The van der Waals surface area contributed by atoms with Crippen LogP contribution in [0.2, 0.25) is 0 Å². The summed E-state index contributed by atoms with van der Waals surface area (Å²) in [4.78, 5) is 16.7. The van der Waals surface area contributed by atoms with Gasteiger partial charge in [0.05, 0.1) is 12.2 Å². The van der Waals surface area contributed by atoms with Crippen molar-refractivity contribution in [2.75, 3.05) is 0 Å². The molecular weight excluding hydrogens is 348 g/mol. The largest absolute Gasteiger partial charge is 0.443 e. The zero-order valence-electron chi connectivity index (χ0n) is 14.4. The summed E-state index contributed by atoms with van der Waals surface area (Å²) < 4.78 is 5.39. The zero-order valence-corrected chi connectivity index (χ0v) is 15.3. The minimum Gasteiger partial charge on any atom is -0.443 e. The zero-order chi connectivity index (χ0) is 18.6. The highest BCUT2D eigenvalue weighted by Crippen LogP contribution is 2.23. The first kappa shape index (κ1) is 17.9. The number of aromatic nitrogens is 1. The van der Waals surface area contributed by atoms with Crippen molar-refractivity contribution in [3.63, 3.8) is 0 Å². The van der Waals surface area contributed by atoms with Crippen LogP contribution in [0.3, 0.4) is 0 Å². The molecule has 0 saturated carbocycles. The number of nitrogens with zero attached hydrogens (tertiary/aromatic N) is 1. The first-order chi connectivity index (χ1) is 12.4. The molecule has 5 nitrogen and oxygen atoms in total. The van der Waals surface area contributed by atoms with E-state index in [0.717, 1.165) is 16.3 Å². The van der Waals surface area contributed by atoms with Crippen LogP contribution in [0.4, 0.5) is 0 Å². The highest BCUT2D eigenvalue weighted by atomic mass is 32.1. The Kier molecular flexibility index (Phi) is 5.21. The third kappa shape index (κ3) is 4.82. The third-order valence-corrected chi connectivity index (χ3v) is 4.26. The molecule has 1 aromatic carbocycles. The molecule has 0 atom stereocenters. The molecule has 2 N–H and O–H groups in total. The second-order valence-electron chi connectivity index (χ2n) is 6.17. The van der Waals surface area contributed by atoms with E-state index in [2.05, 4.69) is 22.1 Å². The number of hydrogen-bond acceptors (Lipinski definition) is 5. The van der Waals surface area contributed by atoms with Gasteiger partial charge in [0.1, 0.15) is 10.6 Å². The number of hydrogen-bond donors (Lipinski definition) is 2. The van der Waals surface area contributed by atoms with Crippen molar-refractivity contribution in [3.05, 3.63) is 65.1 Å².